The van der Waals surface area contributed by atoms with Crippen LogP contribution in [-0.4, -0.2) is 16.9 Å². The molecule has 0 aromatic heterocycles. The number of hydrogen-bond acceptors (Lipinski definition) is 4. The van der Waals surface area contributed by atoms with Gasteiger partial charge in [0.05, 0.1) is 5.25 Å². The van der Waals surface area contributed by atoms with E-state index in [1.165, 1.54) is 16.7 Å². The molecule has 0 spiro atoms. The number of carbonyl (C=O) groups is 2. The molecule has 1 aliphatic rings. The lowest BCUT2D eigenvalue weighted by Gasteiger charge is -2.18. The first-order valence-electron chi connectivity index (χ1n) is 9.63. The highest BCUT2D eigenvalue weighted by Crippen LogP contribution is 2.42. The van der Waals surface area contributed by atoms with E-state index in [-0.39, 0.29) is 11.5 Å². The lowest BCUT2D eigenvalue weighted by atomic mass is 10.0. The van der Waals surface area contributed by atoms with Crippen LogP contribution in [-0.2, 0) is 11.2 Å². The predicted molar refractivity (Wildman–Crippen MR) is 124 cm³/mol. The Bertz CT molecular complexity index is 1200. The Balaban J connectivity index is 1.79. The van der Waals surface area contributed by atoms with Crippen LogP contribution in [0, 0.1) is 11.3 Å². The van der Waals surface area contributed by atoms with Crippen molar-refractivity contribution in [2.75, 3.05) is 4.90 Å². The van der Waals surface area contributed by atoms with Crippen molar-refractivity contribution in [3.8, 4) is 6.07 Å². The summed E-state index contributed by atoms with van der Waals surface area (Å²) in [6.45, 7) is 0. The van der Waals surface area contributed by atoms with Crippen molar-refractivity contribution in [2.45, 2.75) is 11.7 Å². The number of nitriles is 1. The quantitative estimate of drug-likeness (QED) is 0.290. The lowest BCUT2D eigenvalue weighted by Crippen LogP contribution is -2.30. The maximum atomic E-state index is 13.4. The first kappa shape index (κ1) is 20.9. The molecule has 0 N–H and O–H groups in total. The van der Waals surface area contributed by atoms with Crippen LogP contribution in [0.15, 0.2) is 95.5 Å². The molecule has 3 aromatic carbocycles. The molecule has 0 unspecified atom stereocenters. The fourth-order valence-electron chi connectivity index (χ4n) is 3.40. The number of ketones is 1. The second-order valence-corrected chi connectivity index (χ2v) is 8.50. The zero-order valence-electron chi connectivity index (χ0n) is 16.4. The van der Waals surface area contributed by atoms with Crippen LogP contribution in [0.2, 0.25) is 5.02 Å². The second kappa shape index (κ2) is 9.22. The molecule has 4 rings (SSSR count). The van der Waals surface area contributed by atoms with Crippen molar-refractivity contribution in [1.29, 1.82) is 5.26 Å². The Morgan fingerprint density at radius 3 is 2.23 bits per heavy atom. The first-order chi connectivity index (χ1) is 15.1. The average molecular weight is 445 g/mol. The van der Waals surface area contributed by atoms with Crippen LogP contribution in [0.1, 0.15) is 15.9 Å². The van der Waals surface area contributed by atoms with Gasteiger partial charge in [0.15, 0.2) is 0 Å². The number of thioether (sulfide) groups is 1. The van der Waals surface area contributed by atoms with Gasteiger partial charge in [-0.05, 0) is 30.2 Å². The van der Waals surface area contributed by atoms with Crippen molar-refractivity contribution < 1.29 is 9.59 Å². The molecule has 1 amide bonds. The van der Waals surface area contributed by atoms with Crippen LogP contribution in [0.4, 0.5) is 5.69 Å². The summed E-state index contributed by atoms with van der Waals surface area (Å²) >= 11 is 7.54. The molecule has 0 radical (unpaired) electrons. The average Bonchev–Trinajstić information content (AvgIpc) is 3.12. The van der Waals surface area contributed by atoms with Gasteiger partial charge >= 0.3 is 0 Å². The number of halogens is 1. The van der Waals surface area contributed by atoms with Gasteiger partial charge in [-0.2, -0.15) is 5.26 Å². The van der Waals surface area contributed by atoms with E-state index in [0.717, 1.165) is 5.56 Å². The first-order valence-corrected chi connectivity index (χ1v) is 10.9. The zero-order chi connectivity index (χ0) is 21.8. The number of para-hydroxylation sites is 1. The summed E-state index contributed by atoms with van der Waals surface area (Å²) in [4.78, 5) is 28.0. The molecule has 6 heteroatoms. The van der Waals surface area contributed by atoms with E-state index >= 15 is 0 Å². The SMILES string of the molecule is N#C/C(C(=O)c1ccccc1)=C1/S[C@H](Cc2ccccc2Cl)C(=O)N1c1ccccc1. The van der Waals surface area contributed by atoms with Crippen LogP contribution in [0.25, 0.3) is 0 Å². The topological polar surface area (TPSA) is 61.2 Å². The van der Waals surface area contributed by atoms with Gasteiger partial charge in [-0.3, -0.25) is 14.5 Å². The molecule has 0 aliphatic carbocycles. The van der Waals surface area contributed by atoms with E-state index in [1.54, 1.807) is 48.5 Å². The summed E-state index contributed by atoms with van der Waals surface area (Å²) in [5.74, 6) is -0.586. The third-order valence-electron chi connectivity index (χ3n) is 4.92. The van der Waals surface area contributed by atoms with Crippen molar-refractivity contribution in [2.24, 2.45) is 0 Å². The molecule has 152 valence electrons. The van der Waals surface area contributed by atoms with Crippen molar-refractivity contribution in [1.82, 2.24) is 0 Å². The number of carbonyl (C=O) groups excluding carboxylic acids is 2. The minimum absolute atomic E-state index is 0.0462. The molecule has 0 saturated carbocycles. The minimum Gasteiger partial charge on any atom is -0.288 e. The molecule has 1 atom stereocenters. The smallest absolute Gasteiger partial charge is 0.245 e. The molecule has 1 heterocycles. The monoisotopic (exact) mass is 444 g/mol. The number of anilines is 1. The number of allylic oxidation sites excluding steroid dienone is 1. The molecule has 1 saturated heterocycles. The predicted octanol–water partition coefficient (Wildman–Crippen LogP) is 5.65. The Kier molecular flexibility index (Phi) is 6.22. The van der Waals surface area contributed by atoms with Gasteiger partial charge in [-0.1, -0.05) is 90.1 Å². The molecular formula is C25H17ClN2O2S. The summed E-state index contributed by atoms with van der Waals surface area (Å²) in [7, 11) is 0. The van der Waals surface area contributed by atoms with Gasteiger partial charge in [0.1, 0.15) is 16.7 Å². The van der Waals surface area contributed by atoms with Gasteiger partial charge in [-0.25, -0.2) is 0 Å². The Morgan fingerprint density at radius 2 is 1.58 bits per heavy atom. The molecule has 1 fully saturated rings. The van der Waals surface area contributed by atoms with E-state index < -0.39 is 11.0 Å². The number of benzene rings is 3. The number of hydrogen-bond donors (Lipinski definition) is 0. The third kappa shape index (κ3) is 4.27. The second-order valence-electron chi connectivity index (χ2n) is 6.90. The lowest BCUT2D eigenvalue weighted by molar-refractivity contribution is -0.117. The minimum atomic E-state index is -0.498. The highest BCUT2D eigenvalue weighted by Gasteiger charge is 2.41. The van der Waals surface area contributed by atoms with E-state index in [1.807, 2.05) is 42.5 Å². The van der Waals surface area contributed by atoms with Gasteiger partial charge in [0.25, 0.3) is 0 Å². The largest absolute Gasteiger partial charge is 0.288 e. The number of Topliss-reactive ketones (excluding diaryl/α,β-unsaturated/α-hetero) is 1. The fraction of sp³-hybridized carbons (Fsp3) is 0.0800. The molecule has 4 nitrogen and oxygen atoms in total. The number of rotatable bonds is 5. The standard InChI is InChI=1S/C25H17ClN2O2S/c26-21-14-8-7-11-18(21)15-22-24(30)28(19-12-5-2-6-13-19)25(31-22)20(16-27)23(29)17-9-3-1-4-10-17/h1-14,22H,15H2/b25-20-/t22-/m1/s1. The maximum absolute atomic E-state index is 13.4. The van der Waals surface area contributed by atoms with Crippen LogP contribution in [0.5, 0.6) is 0 Å². The van der Waals surface area contributed by atoms with Crippen LogP contribution in [0.3, 0.4) is 0 Å². The van der Waals surface area contributed by atoms with E-state index in [4.69, 9.17) is 11.6 Å². The maximum Gasteiger partial charge on any atom is 0.245 e. The zero-order valence-corrected chi connectivity index (χ0v) is 17.9. The normalized spacial score (nSPS) is 17.4. The van der Waals surface area contributed by atoms with Gasteiger partial charge in [0, 0.05) is 16.3 Å². The van der Waals surface area contributed by atoms with Crippen molar-refractivity contribution >= 4 is 40.7 Å². The van der Waals surface area contributed by atoms with Crippen molar-refractivity contribution in [3.63, 3.8) is 0 Å². The number of nitrogens with zero attached hydrogens (tertiary/aromatic N) is 2. The molecule has 3 aromatic rings. The van der Waals surface area contributed by atoms with E-state index in [9.17, 15) is 14.9 Å². The molecule has 0 bridgehead atoms. The van der Waals surface area contributed by atoms with Crippen molar-refractivity contribution in [3.05, 3.63) is 112 Å². The third-order valence-corrected chi connectivity index (χ3v) is 6.55. The summed E-state index contributed by atoms with van der Waals surface area (Å²) in [6.07, 6.45) is 0.397. The van der Waals surface area contributed by atoms with Gasteiger partial charge in [0.2, 0.25) is 11.7 Å². The van der Waals surface area contributed by atoms with Crippen LogP contribution < -0.4 is 4.90 Å². The summed E-state index contributed by atoms with van der Waals surface area (Å²) in [5, 5.41) is 10.3. The van der Waals surface area contributed by atoms with E-state index in [0.29, 0.717) is 27.7 Å². The fourth-order valence-corrected chi connectivity index (χ4v) is 4.90. The summed E-state index contributed by atoms with van der Waals surface area (Å²) in [6, 6.07) is 27.1. The molecular weight excluding hydrogens is 428 g/mol. The van der Waals surface area contributed by atoms with Crippen LogP contribution >= 0.6 is 23.4 Å². The highest BCUT2D eigenvalue weighted by atomic mass is 35.5. The Hall–Kier alpha value is -3.33. The highest BCUT2D eigenvalue weighted by molar-refractivity contribution is 8.05. The van der Waals surface area contributed by atoms with Gasteiger partial charge < -0.3 is 0 Å². The number of amides is 1. The van der Waals surface area contributed by atoms with Gasteiger partial charge in [-0.15, -0.1) is 0 Å². The Morgan fingerprint density at radius 1 is 0.968 bits per heavy atom. The summed E-state index contributed by atoms with van der Waals surface area (Å²) < 4.78 is 0. The molecule has 1 aliphatic heterocycles. The molecule has 31 heavy (non-hydrogen) atoms. The Labute approximate surface area is 189 Å². The van der Waals surface area contributed by atoms with E-state index in [2.05, 4.69) is 0 Å². The summed E-state index contributed by atoms with van der Waals surface area (Å²) in [5.41, 5.74) is 1.82.